The summed E-state index contributed by atoms with van der Waals surface area (Å²) in [6, 6.07) is 8.21. The van der Waals surface area contributed by atoms with Gasteiger partial charge in [-0.2, -0.15) is 5.10 Å². The van der Waals surface area contributed by atoms with Gasteiger partial charge in [-0.25, -0.2) is 0 Å². The predicted octanol–water partition coefficient (Wildman–Crippen LogP) is 2.63. The molecule has 0 radical (unpaired) electrons. The van der Waals surface area contributed by atoms with Crippen molar-refractivity contribution in [2.24, 2.45) is 0 Å². The van der Waals surface area contributed by atoms with E-state index in [2.05, 4.69) is 48.9 Å². The molecule has 5 nitrogen and oxygen atoms in total. The first-order valence-corrected chi connectivity index (χ1v) is 8.83. The molecule has 4 rings (SSSR count). The van der Waals surface area contributed by atoms with Crippen molar-refractivity contribution in [3.8, 4) is 0 Å². The third-order valence-electron chi connectivity index (χ3n) is 4.96. The van der Waals surface area contributed by atoms with E-state index in [1.165, 1.54) is 0 Å². The molecule has 6 heteroatoms. The third kappa shape index (κ3) is 2.60. The topological polar surface area (TPSA) is 69.8 Å². The highest BCUT2D eigenvalue weighted by atomic mass is 79.9. The number of amides is 1. The highest BCUT2D eigenvalue weighted by Gasteiger charge is 2.41. The number of halogens is 1. The van der Waals surface area contributed by atoms with Gasteiger partial charge < -0.3 is 10.6 Å². The molecule has 1 saturated carbocycles. The lowest BCUT2D eigenvalue weighted by Gasteiger charge is -2.43. The van der Waals surface area contributed by atoms with Gasteiger partial charge in [-0.15, -0.1) is 0 Å². The number of nitrogens with one attached hydrogen (secondary N) is 3. The number of aromatic amines is 1. The lowest BCUT2D eigenvalue weighted by molar-refractivity contribution is 0.0817. The largest absolute Gasteiger partial charge is 0.341 e. The van der Waals surface area contributed by atoms with Gasteiger partial charge in [0.1, 0.15) is 0 Å². The van der Waals surface area contributed by atoms with E-state index in [0.717, 1.165) is 53.5 Å². The molecule has 0 bridgehead atoms. The van der Waals surface area contributed by atoms with E-state index >= 15 is 0 Å². The Balaban J connectivity index is 1.61. The van der Waals surface area contributed by atoms with Crippen molar-refractivity contribution < 1.29 is 4.79 Å². The zero-order valence-corrected chi connectivity index (χ0v) is 14.4. The van der Waals surface area contributed by atoms with Crippen LogP contribution < -0.4 is 10.6 Å². The van der Waals surface area contributed by atoms with E-state index in [4.69, 9.17) is 0 Å². The van der Waals surface area contributed by atoms with Crippen LogP contribution in [0.25, 0.3) is 0 Å². The second kappa shape index (κ2) is 5.76. The molecule has 1 aromatic carbocycles. The number of hydrogen-bond donors (Lipinski definition) is 3. The van der Waals surface area contributed by atoms with E-state index < -0.39 is 0 Å². The fraction of sp³-hybridized carbons (Fsp3) is 0.412. The van der Waals surface area contributed by atoms with Crippen molar-refractivity contribution in [3.05, 3.63) is 51.3 Å². The maximum Gasteiger partial charge on any atom is 0.272 e. The van der Waals surface area contributed by atoms with Crippen LogP contribution >= 0.6 is 15.9 Å². The Labute approximate surface area is 143 Å². The highest BCUT2D eigenvalue weighted by molar-refractivity contribution is 9.10. The average Bonchev–Trinajstić information content (AvgIpc) is 2.95. The molecule has 0 atom stereocenters. The number of hydrogen-bond acceptors (Lipinski definition) is 3. The molecule has 0 spiro atoms. The Morgan fingerprint density at radius 1 is 1.35 bits per heavy atom. The van der Waals surface area contributed by atoms with Crippen LogP contribution in [0.2, 0.25) is 0 Å². The van der Waals surface area contributed by atoms with Gasteiger partial charge in [0.15, 0.2) is 5.69 Å². The molecule has 1 aliphatic heterocycles. The van der Waals surface area contributed by atoms with E-state index in [1.54, 1.807) is 0 Å². The van der Waals surface area contributed by atoms with Crippen LogP contribution in [0.1, 0.15) is 46.6 Å². The summed E-state index contributed by atoms with van der Waals surface area (Å²) in [5, 5.41) is 13.8. The lowest BCUT2D eigenvalue weighted by atomic mass is 9.71. The van der Waals surface area contributed by atoms with Gasteiger partial charge in [0.05, 0.1) is 5.54 Å². The minimum Gasteiger partial charge on any atom is -0.341 e. The van der Waals surface area contributed by atoms with Gasteiger partial charge >= 0.3 is 0 Å². The SMILES string of the molecule is O=C(NC1(c2cccc(Br)c2)CCC1)c1n[nH]c2c1CNCC2. The van der Waals surface area contributed by atoms with Crippen molar-refractivity contribution in [2.75, 3.05) is 6.54 Å². The van der Waals surface area contributed by atoms with Gasteiger partial charge in [0.25, 0.3) is 5.91 Å². The van der Waals surface area contributed by atoms with Crippen molar-refractivity contribution in [1.29, 1.82) is 0 Å². The second-order valence-electron chi connectivity index (χ2n) is 6.36. The molecule has 2 heterocycles. The minimum atomic E-state index is -0.255. The molecule has 23 heavy (non-hydrogen) atoms. The fourth-order valence-electron chi connectivity index (χ4n) is 3.49. The summed E-state index contributed by atoms with van der Waals surface area (Å²) in [4.78, 5) is 12.8. The predicted molar refractivity (Wildman–Crippen MR) is 91.1 cm³/mol. The Morgan fingerprint density at radius 3 is 2.96 bits per heavy atom. The number of aromatic nitrogens is 2. The Kier molecular flexibility index (Phi) is 3.73. The van der Waals surface area contributed by atoms with Gasteiger partial charge in [0, 0.05) is 35.2 Å². The fourth-order valence-corrected chi connectivity index (χ4v) is 3.89. The van der Waals surface area contributed by atoms with E-state index in [-0.39, 0.29) is 11.4 Å². The number of carbonyl (C=O) groups excluding carboxylic acids is 1. The number of benzene rings is 1. The average molecular weight is 375 g/mol. The molecule has 3 N–H and O–H groups in total. The number of fused-ring (bicyclic) bond motifs is 1. The quantitative estimate of drug-likeness (QED) is 0.773. The van der Waals surface area contributed by atoms with E-state index in [1.807, 2.05) is 12.1 Å². The molecule has 120 valence electrons. The van der Waals surface area contributed by atoms with Crippen LogP contribution in [0.3, 0.4) is 0 Å². The van der Waals surface area contributed by atoms with Crippen molar-refractivity contribution >= 4 is 21.8 Å². The summed E-state index contributed by atoms with van der Waals surface area (Å²) in [5.74, 6) is -0.0779. The summed E-state index contributed by atoms with van der Waals surface area (Å²) in [6.07, 6.45) is 3.97. The molecular weight excluding hydrogens is 356 g/mol. The summed E-state index contributed by atoms with van der Waals surface area (Å²) >= 11 is 3.52. The lowest BCUT2D eigenvalue weighted by Crippen LogP contribution is -2.51. The molecule has 1 fully saturated rings. The Morgan fingerprint density at radius 2 is 2.22 bits per heavy atom. The number of nitrogens with zero attached hydrogens (tertiary/aromatic N) is 1. The molecular formula is C17H19BrN4O. The first kappa shape index (κ1) is 14.9. The van der Waals surface area contributed by atoms with Crippen LogP contribution in [-0.4, -0.2) is 22.6 Å². The van der Waals surface area contributed by atoms with Crippen LogP contribution in [0.4, 0.5) is 0 Å². The standard InChI is InChI=1S/C17H19BrN4O/c18-12-4-1-3-11(9-12)17(6-2-7-17)20-16(23)15-13-10-19-8-5-14(13)21-22-15/h1,3-4,9,19H,2,5-8,10H2,(H,20,23)(H,21,22). The van der Waals surface area contributed by atoms with Gasteiger partial charge in [-0.05, 0) is 37.0 Å². The van der Waals surface area contributed by atoms with Crippen LogP contribution in [0, 0.1) is 0 Å². The first-order chi connectivity index (χ1) is 11.2. The maximum atomic E-state index is 12.8. The van der Waals surface area contributed by atoms with Crippen LogP contribution in [-0.2, 0) is 18.5 Å². The third-order valence-corrected chi connectivity index (χ3v) is 5.45. The van der Waals surface area contributed by atoms with E-state index in [0.29, 0.717) is 12.2 Å². The zero-order chi connectivity index (χ0) is 15.9. The minimum absolute atomic E-state index is 0.0779. The molecule has 1 aliphatic carbocycles. The smallest absolute Gasteiger partial charge is 0.272 e. The van der Waals surface area contributed by atoms with Gasteiger partial charge in [-0.1, -0.05) is 28.1 Å². The molecule has 1 amide bonds. The normalized spacial score (nSPS) is 18.8. The zero-order valence-electron chi connectivity index (χ0n) is 12.8. The van der Waals surface area contributed by atoms with Gasteiger partial charge in [-0.3, -0.25) is 9.89 Å². The van der Waals surface area contributed by atoms with Crippen molar-refractivity contribution in [2.45, 2.75) is 37.8 Å². The molecule has 0 unspecified atom stereocenters. The monoisotopic (exact) mass is 374 g/mol. The van der Waals surface area contributed by atoms with E-state index in [9.17, 15) is 4.79 Å². The number of carbonyl (C=O) groups is 1. The molecule has 1 aromatic heterocycles. The second-order valence-corrected chi connectivity index (χ2v) is 7.27. The number of rotatable bonds is 3. The molecule has 2 aliphatic rings. The first-order valence-electron chi connectivity index (χ1n) is 8.03. The maximum absolute atomic E-state index is 12.8. The van der Waals surface area contributed by atoms with Crippen LogP contribution in [0.5, 0.6) is 0 Å². The molecule has 2 aromatic rings. The summed E-state index contributed by atoms with van der Waals surface area (Å²) in [5.41, 5.74) is 3.54. The summed E-state index contributed by atoms with van der Waals surface area (Å²) in [6.45, 7) is 1.64. The Hall–Kier alpha value is -1.66. The van der Waals surface area contributed by atoms with Gasteiger partial charge in [0.2, 0.25) is 0 Å². The summed E-state index contributed by atoms with van der Waals surface area (Å²) < 4.78 is 1.04. The highest BCUT2D eigenvalue weighted by Crippen LogP contribution is 2.42. The number of H-pyrrole nitrogens is 1. The van der Waals surface area contributed by atoms with Crippen molar-refractivity contribution in [1.82, 2.24) is 20.8 Å². The summed E-state index contributed by atoms with van der Waals surface area (Å²) in [7, 11) is 0. The van der Waals surface area contributed by atoms with Crippen LogP contribution in [0.15, 0.2) is 28.7 Å². The van der Waals surface area contributed by atoms with Crippen molar-refractivity contribution in [3.63, 3.8) is 0 Å². The molecule has 0 saturated heterocycles. The Bertz CT molecular complexity index is 751.